The minimum absolute atomic E-state index is 0.0335. The van der Waals surface area contributed by atoms with E-state index in [1.165, 1.54) is 0 Å². The van der Waals surface area contributed by atoms with Gasteiger partial charge in [-0.2, -0.15) is 0 Å². The van der Waals surface area contributed by atoms with Gasteiger partial charge in [-0.3, -0.25) is 0 Å². The highest BCUT2D eigenvalue weighted by atomic mass is 35.7. The molecule has 0 radical (unpaired) electrons. The summed E-state index contributed by atoms with van der Waals surface area (Å²) in [5, 5.41) is 0. The van der Waals surface area contributed by atoms with Crippen LogP contribution in [0.25, 0.3) is 5.57 Å². The number of benzene rings is 1. The molecule has 2 nitrogen and oxygen atoms in total. The van der Waals surface area contributed by atoms with E-state index in [1.807, 2.05) is 31.2 Å². The van der Waals surface area contributed by atoms with E-state index in [4.69, 9.17) is 10.7 Å². The van der Waals surface area contributed by atoms with Crippen LogP contribution in [-0.2, 0) is 15.5 Å². The maximum absolute atomic E-state index is 10.8. The second-order valence-corrected chi connectivity index (χ2v) is 6.37. The molecule has 82 valence electrons. The van der Waals surface area contributed by atoms with Crippen molar-refractivity contribution < 1.29 is 8.42 Å². The van der Waals surface area contributed by atoms with Crippen LogP contribution in [-0.4, -0.2) is 14.2 Å². The van der Waals surface area contributed by atoms with Gasteiger partial charge in [0.1, 0.15) is 0 Å². The summed E-state index contributed by atoms with van der Waals surface area (Å²) in [6.07, 6.45) is 0.437. The Bertz CT molecular complexity index is 463. The van der Waals surface area contributed by atoms with E-state index in [1.54, 1.807) is 0 Å². The fourth-order valence-electron chi connectivity index (χ4n) is 1.23. The van der Waals surface area contributed by atoms with Crippen molar-refractivity contribution in [2.75, 3.05) is 5.75 Å². The highest BCUT2D eigenvalue weighted by Crippen LogP contribution is 2.14. The van der Waals surface area contributed by atoms with Gasteiger partial charge in [0.05, 0.1) is 5.75 Å². The quantitative estimate of drug-likeness (QED) is 0.764. The summed E-state index contributed by atoms with van der Waals surface area (Å²) in [5.41, 5.74) is 2.95. The lowest BCUT2D eigenvalue weighted by atomic mass is 10.0. The van der Waals surface area contributed by atoms with E-state index in [0.717, 1.165) is 16.7 Å². The minimum atomic E-state index is -3.41. The van der Waals surface area contributed by atoms with E-state index in [-0.39, 0.29) is 5.75 Å². The lowest BCUT2D eigenvalue weighted by Crippen LogP contribution is -2.01. The predicted molar refractivity (Wildman–Crippen MR) is 64.5 cm³/mol. The molecule has 0 N–H and O–H groups in total. The zero-order valence-electron chi connectivity index (χ0n) is 8.53. The summed E-state index contributed by atoms with van der Waals surface area (Å²) < 4.78 is 21.5. The predicted octanol–water partition coefficient (Wildman–Crippen LogP) is 2.83. The lowest BCUT2D eigenvalue weighted by molar-refractivity contribution is 0.609. The van der Waals surface area contributed by atoms with Crippen LogP contribution in [0.15, 0.2) is 30.8 Å². The zero-order chi connectivity index (χ0) is 11.5. The average molecular weight is 245 g/mol. The van der Waals surface area contributed by atoms with Crippen molar-refractivity contribution in [3.63, 3.8) is 0 Å². The van der Waals surface area contributed by atoms with Crippen molar-refractivity contribution in [3.8, 4) is 0 Å². The molecule has 0 aromatic heterocycles. The minimum Gasteiger partial charge on any atom is -0.212 e. The van der Waals surface area contributed by atoms with Crippen molar-refractivity contribution in [2.24, 2.45) is 0 Å². The molecule has 0 amide bonds. The third-order valence-electron chi connectivity index (χ3n) is 2.05. The number of allylic oxidation sites excluding steroid dienone is 1. The molecular weight excluding hydrogens is 232 g/mol. The number of halogens is 1. The molecule has 0 heterocycles. The van der Waals surface area contributed by atoms with Crippen molar-refractivity contribution in [1.29, 1.82) is 0 Å². The summed E-state index contributed by atoms with van der Waals surface area (Å²) >= 11 is 0. The molecule has 1 aromatic rings. The van der Waals surface area contributed by atoms with E-state index in [9.17, 15) is 8.42 Å². The smallest absolute Gasteiger partial charge is 0.212 e. The largest absolute Gasteiger partial charge is 0.232 e. The molecule has 0 saturated heterocycles. The number of rotatable bonds is 4. The molecule has 1 rings (SSSR count). The van der Waals surface area contributed by atoms with Gasteiger partial charge in [-0.05, 0) is 24.5 Å². The van der Waals surface area contributed by atoms with Gasteiger partial charge in [-0.15, -0.1) is 0 Å². The summed E-state index contributed by atoms with van der Waals surface area (Å²) in [4.78, 5) is 0. The maximum atomic E-state index is 10.8. The molecule has 0 aliphatic rings. The van der Waals surface area contributed by atoms with Gasteiger partial charge < -0.3 is 0 Å². The standard InChI is InChI=1S/C11H13ClO2S/c1-9(2)11-5-3-4-10(8-11)6-7-15(12,13)14/h3-5,8H,1,6-7H2,2H3. The topological polar surface area (TPSA) is 34.1 Å². The first-order valence-corrected chi connectivity index (χ1v) is 7.03. The van der Waals surface area contributed by atoms with Gasteiger partial charge in [-0.1, -0.05) is 36.4 Å². The van der Waals surface area contributed by atoms with Gasteiger partial charge in [-0.25, -0.2) is 8.42 Å². The molecule has 0 spiro atoms. The van der Waals surface area contributed by atoms with Crippen LogP contribution < -0.4 is 0 Å². The number of hydrogen-bond acceptors (Lipinski definition) is 2. The van der Waals surface area contributed by atoms with Crippen LogP contribution in [0.5, 0.6) is 0 Å². The zero-order valence-corrected chi connectivity index (χ0v) is 10.1. The molecule has 0 bridgehead atoms. The fraction of sp³-hybridized carbons (Fsp3) is 0.273. The van der Waals surface area contributed by atoms with Crippen molar-refractivity contribution in [2.45, 2.75) is 13.3 Å². The Balaban J connectivity index is 2.79. The molecular formula is C11H13ClO2S. The van der Waals surface area contributed by atoms with Crippen LogP contribution in [0.1, 0.15) is 18.1 Å². The summed E-state index contributed by atoms with van der Waals surface area (Å²) in [6, 6.07) is 7.65. The summed E-state index contributed by atoms with van der Waals surface area (Å²) in [5.74, 6) is -0.0335. The molecule has 4 heteroatoms. The molecule has 0 saturated carbocycles. The van der Waals surface area contributed by atoms with Gasteiger partial charge in [0, 0.05) is 10.7 Å². The second kappa shape index (κ2) is 4.81. The summed E-state index contributed by atoms with van der Waals surface area (Å²) in [7, 11) is 1.73. The normalized spacial score (nSPS) is 11.3. The highest BCUT2D eigenvalue weighted by Gasteiger charge is 2.05. The monoisotopic (exact) mass is 244 g/mol. The van der Waals surface area contributed by atoms with E-state index in [2.05, 4.69) is 6.58 Å². The average Bonchev–Trinajstić information content (AvgIpc) is 2.14. The molecule has 0 aliphatic heterocycles. The SMILES string of the molecule is C=C(C)c1cccc(CCS(=O)(=O)Cl)c1. The Morgan fingerprint density at radius 2 is 2.13 bits per heavy atom. The molecule has 0 unspecified atom stereocenters. The number of hydrogen-bond donors (Lipinski definition) is 0. The first kappa shape index (κ1) is 12.3. The Hall–Kier alpha value is -0.800. The van der Waals surface area contributed by atoms with Crippen LogP contribution in [0.2, 0.25) is 0 Å². The molecule has 0 aliphatic carbocycles. The fourth-order valence-corrected chi connectivity index (χ4v) is 1.94. The van der Waals surface area contributed by atoms with Crippen LogP contribution in [0.3, 0.4) is 0 Å². The van der Waals surface area contributed by atoms with Crippen LogP contribution in [0, 0.1) is 0 Å². The Kier molecular flexibility index (Phi) is 3.94. The van der Waals surface area contributed by atoms with Crippen LogP contribution in [0.4, 0.5) is 0 Å². The van der Waals surface area contributed by atoms with Gasteiger partial charge >= 0.3 is 0 Å². The maximum Gasteiger partial charge on any atom is 0.232 e. The first-order chi connectivity index (χ1) is 6.88. The number of aryl methyl sites for hydroxylation is 1. The van der Waals surface area contributed by atoms with Crippen molar-refractivity contribution >= 4 is 25.3 Å². The van der Waals surface area contributed by atoms with Gasteiger partial charge in [0.15, 0.2) is 0 Å². The first-order valence-electron chi connectivity index (χ1n) is 4.55. The van der Waals surface area contributed by atoms with Crippen molar-refractivity contribution in [3.05, 3.63) is 42.0 Å². The van der Waals surface area contributed by atoms with Gasteiger partial charge in [0.2, 0.25) is 9.05 Å². The van der Waals surface area contributed by atoms with Crippen LogP contribution >= 0.6 is 10.7 Å². The van der Waals surface area contributed by atoms with Crippen molar-refractivity contribution in [1.82, 2.24) is 0 Å². The molecule has 0 fully saturated rings. The summed E-state index contributed by atoms with van der Waals surface area (Å²) in [6.45, 7) is 5.75. The third-order valence-corrected chi connectivity index (χ3v) is 3.21. The molecule has 15 heavy (non-hydrogen) atoms. The highest BCUT2D eigenvalue weighted by molar-refractivity contribution is 8.13. The Morgan fingerprint density at radius 1 is 1.47 bits per heavy atom. The van der Waals surface area contributed by atoms with E-state index in [0.29, 0.717) is 6.42 Å². The van der Waals surface area contributed by atoms with E-state index < -0.39 is 9.05 Å². The lowest BCUT2D eigenvalue weighted by Gasteiger charge is -2.03. The van der Waals surface area contributed by atoms with E-state index >= 15 is 0 Å². The Morgan fingerprint density at radius 3 is 2.67 bits per heavy atom. The van der Waals surface area contributed by atoms with Gasteiger partial charge in [0.25, 0.3) is 0 Å². The molecule has 1 aromatic carbocycles. The third kappa shape index (κ3) is 4.49. The Labute approximate surface area is 95.0 Å². The molecule has 0 atom stereocenters. The second-order valence-electron chi connectivity index (χ2n) is 3.47.